The smallest absolute Gasteiger partial charge is 0.240 e. The van der Waals surface area contributed by atoms with Gasteiger partial charge in [-0.15, -0.1) is 0 Å². The molecule has 1 aromatic heterocycles. The van der Waals surface area contributed by atoms with Gasteiger partial charge in [0.1, 0.15) is 0 Å². The molecule has 0 saturated carbocycles. The number of nitrogen functional groups attached to an aromatic ring is 1. The molecule has 0 atom stereocenters. The van der Waals surface area contributed by atoms with Crippen LogP contribution >= 0.6 is 0 Å². The van der Waals surface area contributed by atoms with Gasteiger partial charge in [-0.05, 0) is 49.4 Å². The van der Waals surface area contributed by atoms with Crippen molar-refractivity contribution in [3.63, 3.8) is 0 Å². The Labute approximate surface area is 124 Å². The van der Waals surface area contributed by atoms with E-state index in [1.165, 1.54) is 19.2 Å². The summed E-state index contributed by atoms with van der Waals surface area (Å²) in [6, 6.07) is 6.55. The first-order valence-electron chi connectivity index (χ1n) is 6.40. The third-order valence-electron chi connectivity index (χ3n) is 3.21. The summed E-state index contributed by atoms with van der Waals surface area (Å²) < 4.78 is 25.6. The molecule has 4 N–H and O–H groups in total. The summed E-state index contributed by atoms with van der Waals surface area (Å²) in [6.45, 7) is 2.58. The van der Waals surface area contributed by atoms with E-state index in [0.29, 0.717) is 17.9 Å². The molecule has 2 aromatic rings. The predicted octanol–water partition coefficient (Wildman–Crippen LogP) is 1.49. The molecule has 112 valence electrons. The molecule has 2 rings (SSSR count). The van der Waals surface area contributed by atoms with E-state index >= 15 is 0 Å². The molecule has 0 spiro atoms. The van der Waals surface area contributed by atoms with Gasteiger partial charge in [-0.3, -0.25) is 4.98 Å². The van der Waals surface area contributed by atoms with Crippen molar-refractivity contribution < 1.29 is 8.42 Å². The number of aryl methyl sites for hydroxylation is 1. The molecule has 0 unspecified atom stereocenters. The van der Waals surface area contributed by atoms with Gasteiger partial charge >= 0.3 is 0 Å². The highest BCUT2D eigenvalue weighted by Crippen LogP contribution is 2.23. The summed E-state index contributed by atoms with van der Waals surface area (Å²) >= 11 is 0. The van der Waals surface area contributed by atoms with Gasteiger partial charge in [-0.25, -0.2) is 13.1 Å². The highest BCUT2D eigenvalue weighted by molar-refractivity contribution is 7.89. The third kappa shape index (κ3) is 3.50. The first-order chi connectivity index (χ1) is 9.94. The molecule has 0 saturated heterocycles. The van der Waals surface area contributed by atoms with Crippen molar-refractivity contribution >= 4 is 21.4 Å². The quantitative estimate of drug-likeness (QED) is 0.727. The largest absolute Gasteiger partial charge is 0.397 e. The number of nitrogens with zero attached hydrogens (tertiary/aromatic N) is 1. The van der Waals surface area contributed by atoms with Gasteiger partial charge in [0.05, 0.1) is 16.3 Å². The van der Waals surface area contributed by atoms with E-state index in [9.17, 15) is 8.42 Å². The van der Waals surface area contributed by atoms with Crippen LogP contribution in [-0.2, 0) is 16.6 Å². The molecule has 0 aliphatic carbocycles. The molecule has 7 heteroatoms. The number of nitrogens with one attached hydrogen (secondary N) is 2. The van der Waals surface area contributed by atoms with Gasteiger partial charge in [-0.1, -0.05) is 0 Å². The fourth-order valence-corrected chi connectivity index (χ4v) is 2.64. The van der Waals surface area contributed by atoms with E-state index in [0.717, 1.165) is 11.1 Å². The molecule has 6 nitrogen and oxygen atoms in total. The standard InChI is InChI=1S/C14H18N4O2S/c1-10-8-17-6-5-11(10)9-18-14-4-3-12(7-13(14)15)21(19,20)16-2/h3-8,16,18H,9,15H2,1-2H3. The zero-order valence-electron chi connectivity index (χ0n) is 11.9. The number of aromatic nitrogens is 1. The van der Waals surface area contributed by atoms with Crippen LogP contribution in [0.4, 0.5) is 11.4 Å². The Balaban J connectivity index is 2.17. The highest BCUT2D eigenvalue weighted by atomic mass is 32.2. The molecular formula is C14H18N4O2S. The number of hydrogen-bond acceptors (Lipinski definition) is 5. The Bertz CT molecular complexity index is 744. The maximum absolute atomic E-state index is 11.7. The van der Waals surface area contributed by atoms with Gasteiger partial charge in [0.2, 0.25) is 10.0 Å². The minimum Gasteiger partial charge on any atom is -0.397 e. The second-order valence-electron chi connectivity index (χ2n) is 4.61. The fourth-order valence-electron chi connectivity index (χ4n) is 1.88. The zero-order valence-corrected chi connectivity index (χ0v) is 12.7. The molecule has 0 amide bonds. The average Bonchev–Trinajstić information content (AvgIpc) is 2.47. The summed E-state index contributed by atoms with van der Waals surface area (Å²) in [5.74, 6) is 0. The second kappa shape index (κ2) is 6.11. The van der Waals surface area contributed by atoms with Crippen LogP contribution in [0.25, 0.3) is 0 Å². The van der Waals surface area contributed by atoms with Gasteiger partial charge in [0.15, 0.2) is 0 Å². The van der Waals surface area contributed by atoms with Crippen molar-refractivity contribution in [2.75, 3.05) is 18.1 Å². The van der Waals surface area contributed by atoms with E-state index in [1.54, 1.807) is 18.5 Å². The first-order valence-corrected chi connectivity index (χ1v) is 7.89. The van der Waals surface area contributed by atoms with Crippen LogP contribution in [0.15, 0.2) is 41.6 Å². The molecular weight excluding hydrogens is 288 g/mol. The Morgan fingerprint density at radius 2 is 2.05 bits per heavy atom. The lowest BCUT2D eigenvalue weighted by Gasteiger charge is -2.12. The summed E-state index contributed by atoms with van der Waals surface area (Å²) in [5, 5.41) is 3.20. The Kier molecular flexibility index (Phi) is 4.44. The van der Waals surface area contributed by atoms with E-state index in [1.807, 2.05) is 13.0 Å². The Morgan fingerprint density at radius 3 is 2.67 bits per heavy atom. The van der Waals surface area contributed by atoms with Crippen LogP contribution in [-0.4, -0.2) is 20.4 Å². The number of nitrogens with two attached hydrogens (primary N) is 1. The third-order valence-corrected chi connectivity index (χ3v) is 4.62. The average molecular weight is 306 g/mol. The van der Waals surface area contributed by atoms with Crippen LogP contribution in [0.2, 0.25) is 0 Å². The minimum atomic E-state index is -3.48. The molecule has 0 bridgehead atoms. The van der Waals surface area contributed by atoms with Crippen LogP contribution in [0.3, 0.4) is 0 Å². The zero-order chi connectivity index (χ0) is 15.5. The van der Waals surface area contributed by atoms with Crippen molar-refractivity contribution in [3.05, 3.63) is 47.8 Å². The van der Waals surface area contributed by atoms with Crippen molar-refractivity contribution in [2.24, 2.45) is 0 Å². The number of pyridine rings is 1. The van der Waals surface area contributed by atoms with Crippen molar-refractivity contribution in [1.29, 1.82) is 0 Å². The maximum Gasteiger partial charge on any atom is 0.240 e. The number of anilines is 2. The highest BCUT2D eigenvalue weighted by Gasteiger charge is 2.12. The second-order valence-corrected chi connectivity index (χ2v) is 6.50. The lowest BCUT2D eigenvalue weighted by Crippen LogP contribution is -2.18. The van der Waals surface area contributed by atoms with Crippen molar-refractivity contribution in [3.8, 4) is 0 Å². The fraction of sp³-hybridized carbons (Fsp3) is 0.214. The van der Waals surface area contributed by atoms with E-state index < -0.39 is 10.0 Å². The van der Waals surface area contributed by atoms with Gasteiger partial charge < -0.3 is 11.1 Å². The van der Waals surface area contributed by atoms with Crippen LogP contribution in [0, 0.1) is 6.92 Å². The lowest BCUT2D eigenvalue weighted by atomic mass is 10.1. The summed E-state index contributed by atoms with van der Waals surface area (Å²) in [5.41, 5.74) is 9.18. The molecule has 0 aliphatic heterocycles. The normalized spacial score (nSPS) is 11.3. The maximum atomic E-state index is 11.7. The number of sulfonamides is 1. The number of rotatable bonds is 5. The molecule has 21 heavy (non-hydrogen) atoms. The van der Waals surface area contributed by atoms with Crippen molar-refractivity contribution in [2.45, 2.75) is 18.4 Å². The summed E-state index contributed by atoms with van der Waals surface area (Å²) in [4.78, 5) is 4.19. The molecule has 1 heterocycles. The van der Waals surface area contributed by atoms with E-state index in [-0.39, 0.29) is 4.90 Å². The van der Waals surface area contributed by atoms with Gasteiger partial charge in [0.25, 0.3) is 0 Å². The molecule has 0 aliphatic rings. The number of benzene rings is 1. The topological polar surface area (TPSA) is 97.1 Å². The Morgan fingerprint density at radius 1 is 1.29 bits per heavy atom. The Hall–Kier alpha value is -2.12. The van der Waals surface area contributed by atoms with Crippen LogP contribution in [0.5, 0.6) is 0 Å². The summed E-state index contributed by atoms with van der Waals surface area (Å²) in [7, 11) is -2.11. The van der Waals surface area contributed by atoms with E-state index in [4.69, 9.17) is 5.73 Å². The molecule has 0 radical (unpaired) electrons. The SMILES string of the molecule is CNS(=O)(=O)c1ccc(NCc2ccncc2C)c(N)c1. The lowest BCUT2D eigenvalue weighted by molar-refractivity contribution is 0.588. The van der Waals surface area contributed by atoms with Crippen LogP contribution in [0.1, 0.15) is 11.1 Å². The monoisotopic (exact) mass is 306 g/mol. The van der Waals surface area contributed by atoms with Gasteiger partial charge in [0, 0.05) is 18.9 Å². The van der Waals surface area contributed by atoms with Gasteiger partial charge in [-0.2, -0.15) is 0 Å². The number of hydrogen-bond donors (Lipinski definition) is 3. The summed E-state index contributed by atoms with van der Waals surface area (Å²) in [6.07, 6.45) is 3.53. The molecule has 1 aromatic carbocycles. The van der Waals surface area contributed by atoms with Crippen molar-refractivity contribution in [1.82, 2.24) is 9.71 Å². The predicted molar refractivity (Wildman–Crippen MR) is 83.4 cm³/mol. The minimum absolute atomic E-state index is 0.146. The van der Waals surface area contributed by atoms with E-state index in [2.05, 4.69) is 15.0 Å². The van der Waals surface area contributed by atoms with Crippen LogP contribution < -0.4 is 15.8 Å². The first kappa shape index (κ1) is 15.3. The molecule has 0 fully saturated rings.